The lowest BCUT2D eigenvalue weighted by Gasteiger charge is -2.35. The molecule has 0 unspecified atom stereocenters. The van der Waals surface area contributed by atoms with Crippen LogP contribution in [0, 0.1) is 31.1 Å². The molecule has 2 saturated heterocycles. The lowest BCUT2D eigenvalue weighted by molar-refractivity contribution is -0.113. The van der Waals surface area contributed by atoms with Gasteiger partial charge in [-0.15, -0.1) is 0 Å². The molecule has 2 fully saturated rings. The zero-order valence-corrected chi connectivity index (χ0v) is 25.4. The average Bonchev–Trinajstić information content (AvgIpc) is 3.35. The van der Waals surface area contributed by atoms with E-state index in [1.807, 2.05) is 37.3 Å². The SMILES string of the molecule is CCn1c(N2CCC(C)CC2)c(C=C2SC(=S)N(c3c(C)n(C)n(-c4ccccc4)c3=O)C2=O)c(C)c(C#N)c1=O. The van der Waals surface area contributed by atoms with E-state index in [2.05, 4.69) is 17.9 Å². The van der Waals surface area contributed by atoms with Crippen molar-refractivity contribution in [3.8, 4) is 11.8 Å². The number of nitriles is 1. The normalized spacial score (nSPS) is 17.1. The average molecular weight is 589 g/mol. The number of piperidine rings is 1. The molecule has 4 heterocycles. The van der Waals surface area contributed by atoms with Crippen molar-refractivity contribution in [1.82, 2.24) is 13.9 Å². The van der Waals surface area contributed by atoms with Crippen LogP contribution >= 0.6 is 24.0 Å². The summed E-state index contributed by atoms with van der Waals surface area (Å²) in [4.78, 5) is 44.8. The lowest BCUT2D eigenvalue weighted by atomic mass is 9.97. The third kappa shape index (κ3) is 4.75. The molecule has 212 valence electrons. The number of carbonyl (C=O) groups excluding carboxylic acids is 1. The van der Waals surface area contributed by atoms with Crippen LogP contribution in [0.2, 0.25) is 0 Å². The summed E-state index contributed by atoms with van der Waals surface area (Å²) < 4.78 is 5.12. The first-order valence-corrected chi connectivity index (χ1v) is 14.9. The van der Waals surface area contributed by atoms with Crippen LogP contribution in [0.25, 0.3) is 11.8 Å². The molecule has 0 N–H and O–H groups in total. The maximum atomic E-state index is 13.9. The second-order valence-corrected chi connectivity index (χ2v) is 12.2. The van der Waals surface area contributed by atoms with Gasteiger partial charge in [-0.3, -0.25) is 28.5 Å². The fraction of sp³-hybridized carbons (Fsp3) is 0.367. The molecule has 5 rings (SSSR count). The van der Waals surface area contributed by atoms with Gasteiger partial charge >= 0.3 is 0 Å². The van der Waals surface area contributed by atoms with Crippen LogP contribution in [0.15, 0.2) is 44.8 Å². The van der Waals surface area contributed by atoms with Crippen molar-refractivity contribution in [3.05, 3.63) is 78.3 Å². The number of nitrogens with zero attached hydrogens (tertiary/aromatic N) is 6. The summed E-state index contributed by atoms with van der Waals surface area (Å²) in [6, 6.07) is 11.3. The Balaban J connectivity index is 1.65. The third-order valence-electron chi connectivity index (χ3n) is 8.06. The Hall–Kier alpha value is -3.88. The maximum Gasteiger partial charge on any atom is 0.296 e. The second kappa shape index (κ2) is 11.2. The highest BCUT2D eigenvalue weighted by Crippen LogP contribution is 2.39. The molecule has 0 aliphatic carbocycles. The van der Waals surface area contributed by atoms with Gasteiger partial charge in [0, 0.05) is 32.2 Å². The largest absolute Gasteiger partial charge is 0.357 e. The van der Waals surface area contributed by atoms with Crippen molar-refractivity contribution < 1.29 is 4.79 Å². The van der Waals surface area contributed by atoms with E-state index in [1.54, 1.807) is 36.2 Å². The van der Waals surface area contributed by atoms with Gasteiger partial charge in [-0.05, 0) is 63.3 Å². The lowest BCUT2D eigenvalue weighted by Crippen LogP contribution is -2.39. The summed E-state index contributed by atoms with van der Waals surface area (Å²) in [5.41, 5.74) is 2.06. The van der Waals surface area contributed by atoms with Crippen LogP contribution in [-0.2, 0) is 18.4 Å². The Morgan fingerprint density at radius 3 is 2.37 bits per heavy atom. The standard InChI is InChI=1S/C30H32N6O3S2/c1-6-34-26(33-14-12-18(2)13-15-33)22(19(3)23(17-31)27(34)37)16-24-28(38)35(30(40)41-24)25-20(4)32(5)36(29(25)39)21-10-8-7-9-11-21/h7-11,16,18H,6,12-15H2,1-5H3. The van der Waals surface area contributed by atoms with Gasteiger partial charge in [-0.2, -0.15) is 5.26 Å². The summed E-state index contributed by atoms with van der Waals surface area (Å²) in [6.45, 7) is 9.58. The Morgan fingerprint density at radius 1 is 1.10 bits per heavy atom. The number of benzene rings is 1. The highest BCUT2D eigenvalue weighted by Gasteiger charge is 2.38. The fourth-order valence-corrected chi connectivity index (χ4v) is 6.85. The molecule has 0 atom stereocenters. The number of pyridine rings is 1. The molecule has 2 aliphatic heterocycles. The van der Waals surface area contributed by atoms with Gasteiger partial charge in [0.25, 0.3) is 17.0 Å². The summed E-state index contributed by atoms with van der Waals surface area (Å²) >= 11 is 6.77. The van der Waals surface area contributed by atoms with Crippen LogP contribution in [-0.4, -0.2) is 37.2 Å². The monoisotopic (exact) mass is 588 g/mol. The van der Waals surface area contributed by atoms with E-state index in [9.17, 15) is 19.6 Å². The zero-order chi connectivity index (χ0) is 29.6. The molecule has 9 nitrogen and oxygen atoms in total. The first-order valence-electron chi connectivity index (χ1n) is 13.6. The summed E-state index contributed by atoms with van der Waals surface area (Å²) in [6.07, 6.45) is 3.71. The van der Waals surface area contributed by atoms with Gasteiger partial charge < -0.3 is 4.90 Å². The maximum absolute atomic E-state index is 13.9. The molecule has 0 spiro atoms. The van der Waals surface area contributed by atoms with Gasteiger partial charge in [0.1, 0.15) is 23.1 Å². The summed E-state index contributed by atoms with van der Waals surface area (Å²) in [7, 11) is 1.77. The minimum Gasteiger partial charge on any atom is -0.357 e. The predicted molar refractivity (Wildman–Crippen MR) is 168 cm³/mol. The highest BCUT2D eigenvalue weighted by molar-refractivity contribution is 8.27. The quantitative estimate of drug-likeness (QED) is 0.320. The van der Waals surface area contributed by atoms with Crippen LogP contribution in [0.5, 0.6) is 0 Å². The number of thiocarbonyl (C=S) groups is 1. The Labute approximate surface area is 248 Å². The molecule has 41 heavy (non-hydrogen) atoms. The second-order valence-electron chi connectivity index (χ2n) is 10.5. The number of amides is 1. The molecule has 1 amide bonds. The molecule has 1 aromatic carbocycles. The number of carbonyl (C=O) groups is 1. The van der Waals surface area contributed by atoms with Crippen molar-refractivity contribution in [2.75, 3.05) is 22.9 Å². The smallest absolute Gasteiger partial charge is 0.296 e. The van der Waals surface area contributed by atoms with Crippen molar-refractivity contribution in [1.29, 1.82) is 5.26 Å². The van der Waals surface area contributed by atoms with Crippen LogP contribution < -0.4 is 20.9 Å². The number of rotatable bonds is 5. The first-order chi connectivity index (χ1) is 19.6. The van der Waals surface area contributed by atoms with Crippen LogP contribution in [0.1, 0.15) is 49.1 Å². The molecule has 2 aliphatic rings. The Morgan fingerprint density at radius 2 is 1.76 bits per heavy atom. The van der Waals surface area contributed by atoms with E-state index in [-0.39, 0.29) is 26.7 Å². The van der Waals surface area contributed by atoms with E-state index in [0.717, 1.165) is 37.7 Å². The van der Waals surface area contributed by atoms with Gasteiger partial charge in [0.05, 0.1) is 16.3 Å². The predicted octanol–water partition coefficient (Wildman–Crippen LogP) is 4.49. The minimum atomic E-state index is -0.406. The number of hydrogen-bond donors (Lipinski definition) is 0. The van der Waals surface area contributed by atoms with Gasteiger partial charge in [-0.25, -0.2) is 4.68 Å². The Bertz CT molecular complexity index is 1750. The number of aromatic nitrogens is 3. The number of anilines is 2. The first kappa shape index (κ1) is 28.6. The van der Waals surface area contributed by atoms with E-state index < -0.39 is 5.91 Å². The number of hydrogen-bond acceptors (Lipinski definition) is 7. The van der Waals surface area contributed by atoms with E-state index in [1.165, 1.54) is 9.58 Å². The molecule has 0 saturated carbocycles. The van der Waals surface area contributed by atoms with Gasteiger partial charge in [0.15, 0.2) is 4.32 Å². The van der Waals surface area contributed by atoms with Crippen molar-refractivity contribution >= 4 is 51.8 Å². The molecule has 2 aromatic heterocycles. The summed E-state index contributed by atoms with van der Waals surface area (Å²) in [5.74, 6) is 0.895. The van der Waals surface area contributed by atoms with E-state index in [0.29, 0.717) is 45.7 Å². The van der Waals surface area contributed by atoms with Crippen molar-refractivity contribution in [2.24, 2.45) is 13.0 Å². The molecule has 11 heteroatoms. The number of para-hydroxylation sites is 1. The molecule has 3 aromatic rings. The zero-order valence-electron chi connectivity index (χ0n) is 23.8. The van der Waals surface area contributed by atoms with Gasteiger partial charge in [-0.1, -0.05) is 49.1 Å². The molecule has 0 radical (unpaired) electrons. The topological polar surface area (TPSA) is 96.3 Å². The molecular formula is C30H32N6O3S2. The van der Waals surface area contributed by atoms with Crippen molar-refractivity contribution in [2.45, 2.75) is 47.1 Å². The molecule has 0 bridgehead atoms. The minimum absolute atomic E-state index is 0.0624. The highest BCUT2D eigenvalue weighted by atomic mass is 32.2. The summed E-state index contributed by atoms with van der Waals surface area (Å²) in [5, 5.41) is 9.87. The molecular weight excluding hydrogens is 557 g/mol. The van der Waals surface area contributed by atoms with E-state index >= 15 is 0 Å². The fourth-order valence-electron chi connectivity index (χ4n) is 5.60. The third-order valence-corrected chi connectivity index (χ3v) is 9.36. The van der Waals surface area contributed by atoms with Crippen molar-refractivity contribution in [3.63, 3.8) is 0 Å². The van der Waals surface area contributed by atoms with Gasteiger partial charge in [0.2, 0.25) is 0 Å². The van der Waals surface area contributed by atoms with E-state index in [4.69, 9.17) is 12.2 Å². The number of thioether (sulfide) groups is 1. The Kier molecular flexibility index (Phi) is 7.81. The van der Waals surface area contributed by atoms with Crippen LogP contribution in [0.4, 0.5) is 11.5 Å². The van der Waals surface area contributed by atoms with Crippen LogP contribution in [0.3, 0.4) is 0 Å².